The zero-order chi connectivity index (χ0) is 17.0. The topological polar surface area (TPSA) is 99.2 Å². The lowest BCUT2D eigenvalue weighted by molar-refractivity contribution is -0.119. The number of rotatable bonds is 6. The summed E-state index contributed by atoms with van der Waals surface area (Å²) in [6.07, 6.45) is 1.75. The molecule has 0 saturated heterocycles. The van der Waals surface area contributed by atoms with Gasteiger partial charge in [0.05, 0.1) is 12.2 Å². The van der Waals surface area contributed by atoms with Crippen molar-refractivity contribution >= 4 is 11.8 Å². The first-order valence-electron chi connectivity index (χ1n) is 7.19. The molecule has 2 rings (SSSR count). The third-order valence-corrected chi connectivity index (χ3v) is 3.58. The Bertz CT molecular complexity index is 707. The summed E-state index contributed by atoms with van der Waals surface area (Å²) in [5.74, 6) is -0.258. The molecule has 2 aromatic rings. The van der Waals surface area contributed by atoms with Gasteiger partial charge in [-0.1, -0.05) is 0 Å². The van der Waals surface area contributed by atoms with Crippen LogP contribution < -0.4 is 15.8 Å². The number of hydrogen-bond acceptors (Lipinski definition) is 4. The number of carbonyl (C=O) groups is 2. The average molecular weight is 316 g/mol. The van der Waals surface area contributed by atoms with E-state index in [4.69, 9.17) is 10.5 Å². The zero-order valence-electron chi connectivity index (χ0n) is 13.4. The van der Waals surface area contributed by atoms with E-state index in [0.29, 0.717) is 11.3 Å². The largest absolute Gasteiger partial charge is 0.484 e. The molecule has 7 nitrogen and oxygen atoms in total. The molecular formula is C16H20N4O3. The van der Waals surface area contributed by atoms with E-state index in [2.05, 4.69) is 10.4 Å². The third kappa shape index (κ3) is 4.09. The Balaban J connectivity index is 2.00. The highest BCUT2D eigenvalue weighted by atomic mass is 16.5. The van der Waals surface area contributed by atoms with Gasteiger partial charge in [-0.05, 0) is 38.1 Å². The van der Waals surface area contributed by atoms with Gasteiger partial charge in [0.25, 0.3) is 11.8 Å². The highest BCUT2D eigenvalue weighted by molar-refractivity contribution is 5.94. The number of nitrogens with one attached hydrogen (secondary N) is 1. The molecule has 122 valence electrons. The quantitative estimate of drug-likeness (QED) is 0.833. The fourth-order valence-corrected chi connectivity index (χ4v) is 2.16. The number of nitrogens with zero attached hydrogens (tertiary/aromatic N) is 2. The van der Waals surface area contributed by atoms with Crippen molar-refractivity contribution in [3.8, 4) is 5.75 Å². The fourth-order valence-electron chi connectivity index (χ4n) is 2.16. The molecule has 0 aliphatic heterocycles. The second-order valence-electron chi connectivity index (χ2n) is 5.28. The number of hydrogen-bond donors (Lipinski definition) is 2. The van der Waals surface area contributed by atoms with E-state index in [1.807, 2.05) is 20.9 Å². The van der Waals surface area contributed by atoms with E-state index in [9.17, 15) is 9.59 Å². The molecule has 1 aromatic heterocycles. The van der Waals surface area contributed by atoms with Crippen LogP contribution in [0.1, 0.15) is 34.6 Å². The van der Waals surface area contributed by atoms with Crippen molar-refractivity contribution < 1.29 is 14.3 Å². The number of primary amides is 1. The number of benzene rings is 1. The van der Waals surface area contributed by atoms with Gasteiger partial charge in [-0.3, -0.25) is 14.3 Å². The highest BCUT2D eigenvalue weighted by Crippen LogP contribution is 2.17. The molecule has 2 amide bonds. The van der Waals surface area contributed by atoms with E-state index in [-0.39, 0.29) is 18.6 Å². The third-order valence-electron chi connectivity index (χ3n) is 3.58. The summed E-state index contributed by atoms with van der Waals surface area (Å²) in [6.45, 7) is 3.67. The van der Waals surface area contributed by atoms with Gasteiger partial charge in [0.15, 0.2) is 6.61 Å². The molecule has 1 atom stereocenters. The maximum atomic E-state index is 12.3. The number of nitrogens with two attached hydrogens (primary N) is 1. The Morgan fingerprint density at radius 3 is 2.52 bits per heavy atom. The molecule has 0 radical (unpaired) electrons. The molecule has 0 aliphatic rings. The van der Waals surface area contributed by atoms with Crippen LogP contribution in [0.5, 0.6) is 5.75 Å². The van der Waals surface area contributed by atoms with Crippen LogP contribution in [-0.4, -0.2) is 28.2 Å². The first kappa shape index (κ1) is 16.5. The number of amides is 2. The van der Waals surface area contributed by atoms with E-state index in [1.165, 1.54) is 0 Å². The molecule has 0 saturated carbocycles. The number of aryl methyl sites for hydroxylation is 1. The minimum Gasteiger partial charge on any atom is -0.484 e. The molecular weight excluding hydrogens is 296 g/mol. The number of ether oxygens (including phenoxy) is 1. The highest BCUT2D eigenvalue weighted by Gasteiger charge is 2.15. The van der Waals surface area contributed by atoms with E-state index >= 15 is 0 Å². The van der Waals surface area contributed by atoms with Crippen molar-refractivity contribution in [2.24, 2.45) is 12.8 Å². The van der Waals surface area contributed by atoms with Gasteiger partial charge in [0.2, 0.25) is 0 Å². The molecule has 0 fully saturated rings. The first-order chi connectivity index (χ1) is 10.9. The van der Waals surface area contributed by atoms with E-state index in [0.717, 1.165) is 11.3 Å². The molecule has 0 aliphatic carbocycles. The van der Waals surface area contributed by atoms with Crippen molar-refractivity contribution in [2.75, 3.05) is 6.61 Å². The fraction of sp³-hybridized carbons (Fsp3) is 0.312. The van der Waals surface area contributed by atoms with Gasteiger partial charge >= 0.3 is 0 Å². The van der Waals surface area contributed by atoms with Crippen LogP contribution in [0, 0.1) is 6.92 Å². The van der Waals surface area contributed by atoms with Crippen LogP contribution in [0.2, 0.25) is 0 Å². The van der Waals surface area contributed by atoms with Crippen molar-refractivity contribution in [1.29, 1.82) is 0 Å². The minimum atomic E-state index is -0.549. The molecule has 1 heterocycles. The van der Waals surface area contributed by atoms with Crippen LogP contribution in [0.15, 0.2) is 30.5 Å². The lowest BCUT2D eigenvalue weighted by atomic mass is 10.1. The second kappa shape index (κ2) is 6.95. The summed E-state index contributed by atoms with van der Waals surface area (Å²) in [6, 6.07) is 6.36. The molecule has 3 N–H and O–H groups in total. The maximum absolute atomic E-state index is 12.3. The lowest BCUT2D eigenvalue weighted by Crippen LogP contribution is -2.27. The minimum absolute atomic E-state index is 0.151. The molecule has 7 heteroatoms. The van der Waals surface area contributed by atoms with Crippen LogP contribution in [-0.2, 0) is 11.8 Å². The Labute approximate surface area is 134 Å². The predicted octanol–water partition coefficient (Wildman–Crippen LogP) is 1.08. The van der Waals surface area contributed by atoms with E-state index in [1.54, 1.807) is 35.1 Å². The zero-order valence-corrected chi connectivity index (χ0v) is 13.4. The lowest BCUT2D eigenvalue weighted by Gasteiger charge is -2.14. The van der Waals surface area contributed by atoms with Gasteiger partial charge in [-0.15, -0.1) is 0 Å². The van der Waals surface area contributed by atoms with Crippen LogP contribution in [0.25, 0.3) is 0 Å². The SMILES string of the molecule is Cc1c(C(C)NC(=O)c2ccc(OCC(N)=O)cc2)cnn1C. The predicted molar refractivity (Wildman–Crippen MR) is 85.0 cm³/mol. The van der Waals surface area contributed by atoms with Crippen molar-refractivity contribution in [3.05, 3.63) is 47.3 Å². The van der Waals surface area contributed by atoms with Crippen molar-refractivity contribution in [2.45, 2.75) is 19.9 Å². The van der Waals surface area contributed by atoms with Gasteiger partial charge in [-0.25, -0.2) is 0 Å². The summed E-state index contributed by atoms with van der Waals surface area (Å²) in [4.78, 5) is 22.9. The molecule has 0 bridgehead atoms. The normalized spacial score (nSPS) is 11.8. The Kier molecular flexibility index (Phi) is 5.00. The monoisotopic (exact) mass is 316 g/mol. The van der Waals surface area contributed by atoms with Crippen LogP contribution in [0.4, 0.5) is 0 Å². The van der Waals surface area contributed by atoms with Gasteiger partial charge in [0, 0.05) is 23.9 Å². The molecule has 0 spiro atoms. The molecule has 1 unspecified atom stereocenters. The summed E-state index contributed by atoms with van der Waals surface area (Å²) < 4.78 is 6.92. The smallest absolute Gasteiger partial charge is 0.255 e. The van der Waals surface area contributed by atoms with Crippen LogP contribution in [0.3, 0.4) is 0 Å². The van der Waals surface area contributed by atoms with Gasteiger partial charge in [0.1, 0.15) is 5.75 Å². The Hall–Kier alpha value is -2.83. The van der Waals surface area contributed by atoms with Gasteiger partial charge < -0.3 is 15.8 Å². The Morgan fingerprint density at radius 2 is 2.00 bits per heavy atom. The van der Waals surface area contributed by atoms with E-state index < -0.39 is 5.91 Å². The number of aromatic nitrogens is 2. The second-order valence-corrected chi connectivity index (χ2v) is 5.28. The first-order valence-corrected chi connectivity index (χ1v) is 7.19. The van der Waals surface area contributed by atoms with Crippen molar-refractivity contribution in [1.82, 2.24) is 15.1 Å². The Morgan fingerprint density at radius 1 is 1.35 bits per heavy atom. The molecule has 1 aromatic carbocycles. The summed E-state index contributed by atoms with van der Waals surface area (Å²) in [5.41, 5.74) is 7.49. The number of carbonyl (C=O) groups excluding carboxylic acids is 2. The van der Waals surface area contributed by atoms with Crippen LogP contribution >= 0.6 is 0 Å². The maximum Gasteiger partial charge on any atom is 0.255 e. The standard InChI is InChI=1S/C16H20N4O3/c1-10(14-8-18-20(3)11(14)2)19-16(22)12-4-6-13(7-5-12)23-9-15(17)21/h4-8,10H,9H2,1-3H3,(H2,17,21)(H,19,22). The summed E-state index contributed by atoms with van der Waals surface area (Å²) >= 11 is 0. The van der Waals surface area contributed by atoms with Crippen molar-refractivity contribution in [3.63, 3.8) is 0 Å². The summed E-state index contributed by atoms with van der Waals surface area (Å²) in [7, 11) is 1.86. The summed E-state index contributed by atoms with van der Waals surface area (Å²) in [5, 5.41) is 7.10. The van der Waals surface area contributed by atoms with Gasteiger partial charge in [-0.2, -0.15) is 5.10 Å². The average Bonchev–Trinajstić information content (AvgIpc) is 2.85. The molecule has 23 heavy (non-hydrogen) atoms.